The molecule has 106 valence electrons. The Kier molecular flexibility index (Phi) is 4.67. The first-order valence-electron chi connectivity index (χ1n) is 7.74. The van der Waals surface area contributed by atoms with Crippen LogP contribution in [0.2, 0.25) is 0 Å². The van der Waals surface area contributed by atoms with Crippen LogP contribution >= 0.6 is 0 Å². The number of hydrogen-bond donors (Lipinski definition) is 1. The van der Waals surface area contributed by atoms with Gasteiger partial charge in [0.05, 0.1) is 6.10 Å². The summed E-state index contributed by atoms with van der Waals surface area (Å²) in [5.41, 5.74) is 2.98. The van der Waals surface area contributed by atoms with Gasteiger partial charge in [0.2, 0.25) is 0 Å². The Morgan fingerprint density at radius 2 is 1.63 bits per heavy atom. The van der Waals surface area contributed by atoms with Gasteiger partial charge in [0.25, 0.3) is 0 Å². The second-order valence-corrected chi connectivity index (χ2v) is 7.12. The van der Waals surface area contributed by atoms with Crippen molar-refractivity contribution < 1.29 is 5.11 Å². The van der Waals surface area contributed by atoms with E-state index in [1.54, 1.807) is 0 Å². The molecule has 0 aromatic heterocycles. The second kappa shape index (κ2) is 6.09. The van der Waals surface area contributed by atoms with Crippen LogP contribution in [0.5, 0.6) is 0 Å². The highest BCUT2D eigenvalue weighted by Gasteiger charge is 2.22. The lowest BCUT2D eigenvalue weighted by Gasteiger charge is -2.22. The lowest BCUT2D eigenvalue weighted by atomic mass is 9.85. The zero-order chi connectivity index (χ0) is 13.9. The fraction of sp³-hybridized carbons (Fsp3) is 0.667. The van der Waals surface area contributed by atoms with E-state index in [9.17, 15) is 5.11 Å². The van der Waals surface area contributed by atoms with E-state index in [4.69, 9.17) is 0 Å². The molecule has 1 aromatic carbocycles. The third kappa shape index (κ3) is 4.07. The summed E-state index contributed by atoms with van der Waals surface area (Å²) in [5, 5.41) is 10.2. The topological polar surface area (TPSA) is 20.2 Å². The number of aliphatic hydroxyl groups excluding tert-OH is 1. The van der Waals surface area contributed by atoms with E-state index in [0.29, 0.717) is 5.92 Å². The predicted octanol–water partition coefficient (Wildman–Crippen LogP) is 4.47. The molecule has 1 aliphatic rings. The molecular formula is C18H28O. The van der Waals surface area contributed by atoms with Gasteiger partial charge in [-0.2, -0.15) is 0 Å². The molecule has 0 heterocycles. The molecule has 2 rings (SSSR count). The Balaban J connectivity index is 2.02. The maximum Gasteiger partial charge on any atom is 0.0571 e. The average molecular weight is 260 g/mol. The lowest BCUT2D eigenvalue weighted by molar-refractivity contribution is 0.101. The molecule has 1 nitrogen and oxygen atoms in total. The van der Waals surface area contributed by atoms with E-state index in [1.807, 2.05) is 0 Å². The van der Waals surface area contributed by atoms with Gasteiger partial charge in [-0.3, -0.25) is 0 Å². The Bertz CT molecular complexity index is 385. The van der Waals surface area contributed by atoms with Crippen molar-refractivity contribution in [3.63, 3.8) is 0 Å². The van der Waals surface area contributed by atoms with Gasteiger partial charge < -0.3 is 5.11 Å². The van der Waals surface area contributed by atoms with Crippen molar-refractivity contribution in [2.24, 2.45) is 5.92 Å². The van der Waals surface area contributed by atoms with Crippen LogP contribution in [0, 0.1) is 5.92 Å². The maximum absolute atomic E-state index is 10.2. The monoisotopic (exact) mass is 260 g/mol. The molecule has 0 spiro atoms. The first-order valence-corrected chi connectivity index (χ1v) is 7.74. The van der Waals surface area contributed by atoms with Crippen LogP contribution in [-0.4, -0.2) is 11.2 Å². The highest BCUT2D eigenvalue weighted by molar-refractivity contribution is 5.27. The molecule has 1 aliphatic carbocycles. The second-order valence-electron chi connectivity index (χ2n) is 7.12. The SMILES string of the molecule is CC(C)(C)c1ccc(CC2CCCCCC2O)cc1. The molecule has 1 aromatic rings. The van der Waals surface area contributed by atoms with E-state index in [1.165, 1.54) is 36.8 Å². The van der Waals surface area contributed by atoms with Crippen molar-refractivity contribution in [3.05, 3.63) is 35.4 Å². The summed E-state index contributed by atoms with van der Waals surface area (Å²) in [6.07, 6.45) is 6.88. The summed E-state index contributed by atoms with van der Waals surface area (Å²) in [4.78, 5) is 0. The van der Waals surface area contributed by atoms with Gasteiger partial charge in [0, 0.05) is 0 Å². The fourth-order valence-corrected chi connectivity index (χ4v) is 3.05. The van der Waals surface area contributed by atoms with Crippen LogP contribution in [0.4, 0.5) is 0 Å². The lowest BCUT2D eigenvalue weighted by Crippen LogP contribution is -2.21. The number of benzene rings is 1. The van der Waals surface area contributed by atoms with E-state index >= 15 is 0 Å². The van der Waals surface area contributed by atoms with Gasteiger partial charge in [0.1, 0.15) is 0 Å². The predicted molar refractivity (Wildman–Crippen MR) is 81.4 cm³/mol. The Hall–Kier alpha value is -0.820. The summed E-state index contributed by atoms with van der Waals surface area (Å²) in [6, 6.07) is 8.99. The van der Waals surface area contributed by atoms with Crippen molar-refractivity contribution in [1.29, 1.82) is 0 Å². The normalized spacial score (nSPS) is 25.1. The smallest absolute Gasteiger partial charge is 0.0571 e. The van der Waals surface area contributed by atoms with Crippen molar-refractivity contribution in [2.75, 3.05) is 0 Å². The quantitative estimate of drug-likeness (QED) is 0.778. The molecule has 0 radical (unpaired) electrons. The molecule has 2 unspecified atom stereocenters. The zero-order valence-electron chi connectivity index (χ0n) is 12.7. The summed E-state index contributed by atoms with van der Waals surface area (Å²) < 4.78 is 0. The molecule has 2 atom stereocenters. The maximum atomic E-state index is 10.2. The molecule has 0 aliphatic heterocycles. The fourth-order valence-electron chi connectivity index (χ4n) is 3.05. The van der Waals surface area contributed by atoms with E-state index < -0.39 is 0 Å². The number of rotatable bonds is 2. The standard InChI is InChI=1S/C18H28O/c1-18(2,3)16-11-9-14(10-12-16)13-15-7-5-4-6-8-17(15)19/h9-12,15,17,19H,4-8,13H2,1-3H3. The van der Waals surface area contributed by atoms with Crippen molar-refractivity contribution in [2.45, 2.75) is 70.8 Å². The van der Waals surface area contributed by atoms with Gasteiger partial charge in [-0.15, -0.1) is 0 Å². The summed E-state index contributed by atoms with van der Waals surface area (Å²) in [6.45, 7) is 6.74. The molecular weight excluding hydrogens is 232 g/mol. The Morgan fingerprint density at radius 3 is 2.26 bits per heavy atom. The molecule has 0 amide bonds. The zero-order valence-corrected chi connectivity index (χ0v) is 12.7. The average Bonchev–Trinajstić information content (AvgIpc) is 2.55. The summed E-state index contributed by atoms with van der Waals surface area (Å²) in [5.74, 6) is 0.461. The minimum atomic E-state index is -0.0928. The van der Waals surface area contributed by atoms with Gasteiger partial charge >= 0.3 is 0 Å². The molecule has 1 saturated carbocycles. The van der Waals surface area contributed by atoms with Crippen LogP contribution in [0.25, 0.3) is 0 Å². The van der Waals surface area contributed by atoms with Crippen molar-refractivity contribution >= 4 is 0 Å². The third-order valence-electron chi connectivity index (χ3n) is 4.44. The van der Waals surface area contributed by atoms with Gasteiger partial charge in [-0.25, -0.2) is 0 Å². The van der Waals surface area contributed by atoms with Gasteiger partial charge in [-0.1, -0.05) is 64.3 Å². The molecule has 19 heavy (non-hydrogen) atoms. The molecule has 0 bridgehead atoms. The van der Waals surface area contributed by atoms with Crippen LogP contribution in [-0.2, 0) is 11.8 Å². The minimum Gasteiger partial charge on any atom is -0.393 e. The van der Waals surface area contributed by atoms with E-state index in [-0.39, 0.29) is 11.5 Å². The number of hydrogen-bond acceptors (Lipinski definition) is 1. The summed E-state index contributed by atoms with van der Waals surface area (Å²) in [7, 11) is 0. The van der Waals surface area contributed by atoms with E-state index in [2.05, 4.69) is 45.0 Å². The largest absolute Gasteiger partial charge is 0.393 e. The Morgan fingerprint density at radius 1 is 1.00 bits per heavy atom. The van der Waals surface area contributed by atoms with Gasteiger partial charge in [-0.05, 0) is 41.7 Å². The van der Waals surface area contributed by atoms with Crippen LogP contribution in [0.1, 0.15) is 64.0 Å². The first-order chi connectivity index (χ1) is 8.97. The van der Waals surface area contributed by atoms with Crippen LogP contribution in [0.3, 0.4) is 0 Å². The highest BCUT2D eigenvalue weighted by Crippen LogP contribution is 2.28. The van der Waals surface area contributed by atoms with Crippen LogP contribution < -0.4 is 0 Å². The first kappa shape index (κ1) is 14.6. The van der Waals surface area contributed by atoms with Crippen LogP contribution in [0.15, 0.2) is 24.3 Å². The molecule has 1 N–H and O–H groups in total. The minimum absolute atomic E-state index is 0.0928. The van der Waals surface area contributed by atoms with Crippen molar-refractivity contribution in [3.8, 4) is 0 Å². The number of aliphatic hydroxyl groups is 1. The highest BCUT2D eigenvalue weighted by atomic mass is 16.3. The molecule has 1 fully saturated rings. The molecule has 1 heteroatoms. The van der Waals surface area contributed by atoms with Crippen molar-refractivity contribution in [1.82, 2.24) is 0 Å². The summed E-state index contributed by atoms with van der Waals surface area (Å²) >= 11 is 0. The van der Waals surface area contributed by atoms with Gasteiger partial charge in [0.15, 0.2) is 0 Å². The molecule has 0 saturated heterocycles. The van der Waals surface area contributed by atoms with E-state index in [0.717, 1.165) is 12.8 Å². The third-order valence-corrected chi connectivity index (χ3v) is 4.44. The Labute approximate surface area is 118 Å².